The number of carbonyl (C=O) groups is 2. The van der Waals surface area contributed by atoms with Gasteiger partial charge in [0.1, 0.15) is 11.5 Å². The van der Waals surface area contributed by atoms with Gasteiger partial charge in [-0.05, 0) is 18.2 Å². The highest BCUT2D eigenvalue weighted by Crippen LogP contribution is 2.21. The van der Waals surface area contributed by atoms with E-state index in [4.69, 9.17) is 5.11 Å². The number of aromatic nitrogens is 2. The summed E-state index contributed by atoms with van der Waals surface area (Å²) >= 11 is 0. The summed E-state index contributed by atoms with van der Waals surface area (Å²) in [4.78, 5) is 26.1. The van der Waals surface area contributed by atoms with Crippen molar-refractivity contribution in [1.29, 1.82) is 0 Å². The lowest BCUT2D eigenvalue weighted by atomic mass is 10.2. The zero-order chi connectivity index (χ0) is 15.4. The first-order valence-electron chi connectivity index (χ1n) is 6.02. The van der Waals surface area contributed by atoms with E-state index in [-0.39, 0.29) is 29.3 Å². The molecule has 0 aliphatic carbocycles. The van der Waals surface area contributed by atoms with Crippen LogP contribution in [-0.2, 0) is 6.54 Å². The van der Waals surface area contributed by atoms with E-state index in [9.17, 15) is 19.8 Å². The number of aromatic hydroxyl groups is 2. The van der Waals surface area contributed by atoms with Crippen LogP contribution in [0.25, 0.3) is 0 Å². The van der Waals surface area contributed by atoms with Gasteiger partial charge in [0.15, 0.2) is 5.69 Å². The summed E-state index contributed by atoms with van der Waals surface area (Å²) in [5.74, 6) is -2.02. The fraction of sp³-hybridized carbons (Fsp3) is 0.154. The highest BCUT2D eigenvalue weighted by atomic mass is 16.4. The van der Waals surface area contributed by atoms with Crippen LogP contribution in [0.1, 0.15) is 20.8 Å². The summed E-state index contributed by atoms with van der Waals surface area (Å²) in [6.07, 6.45) is 2.70. The minimum absolute atomic E-state index is 0.0353. The van der Waals surface area contributed by atoms with E-state index >= 15 is 0 Å². The third-order valence-corrected chi connectivity index (χ3v) is 2.73. The van der Waals surface area contributed by atoms with Gasteiger partial charge in [0.25, 0.3) is 5.91 Å². The Labute approximate surface area is 119 Å². The van der Waals surface area contributed by atoms with Crippen molar-refractivity contribution in [1.82, 2.24) is 14.9 Å². The number of carboxylic acid groups (broad SMARTS) is 1. The third kappa shape index (κ3) is 3.50. The van der Waals surface area contributed by atoms with Crippen LogP contribution in [-0.4, -0.2) is 43.3 Å². The second-order valence-corrected chi connectivity index (χ2v) is 4.26. The van der Waals surface area contributed by atoms with E-state index in [2.05, 4.69) is 10.3 Å². The smallest absolute Gasteiger partial charge is 0.356 e. The van der Waals surface area contributed by atoms with E-state index in [0.717, 1.165) is 6.07 Å². The Balaban J connectivity index is 1.92. The molecule has 0 aliphatic heterocycles. The normalized spacial score (nSPS) is 10.3. The van der Waals surface area contributed by atoms with Crippen molar-refractivity contribution in [2.45, 2.75) is 6.54 Å². The van der Waals surface area contributed by atoms with Gasteiger partial charge in [-0.2, -0.15) is 0 Å². The van der Waals surface area contributed by atoms with E-state index in [0.29, 0.717) is 6.54 Å². The Morgan fingerprint density at radius 2 is 2.05 bits per heavy atom. The molecule has 0 fully saturated rings. The molecule has 0 spiro atoms. The maximum atomic E-state index is 11.8. The van der Waals surface area contributed by atoms with Crippen LogP contribution in [0.5, 0.6) is 11.5 Å². The molecule has 1 aromatic carbocycles. The lowest BCUT2D eigenvalue weighted by Gasteiger charge is -2.07. The molecule has 0 saturated carbocycles. The number of phenols is 2. The summed E-state index contributed by atoms with van der Waals surface area (Å²) in [7, 11) is 0. The number of hydrogen-bond acceptors (Lipinski definition) is 5. The molecule has 110 valence electrons. The number of nitrogens with one attached hydrogen (secondary N) is 1. The monoisotopic (exact) mass is 291 g/mol. The number of phenolic OH excluding ortho intramolecular Hbond substituents is 2. The minimum Gasteiger partial charge on any atom is -0.508 e. The van der Waals surface area contributed by atoms with Crippen LogP contribution < -0.4 is 5.32 Å². The van der Waals surface area contributed by atoms with Crippen LogP contribution in [0.15, 0.2) is 30.7 Å². The predicted molar refractivity (Wildman–Crippen MR) is 71.3 cm³/mol. The molecule has 2 rings (SSSR count). The molecule has 0 saturated heterocycles. The van der Waals surface area contributed by atoms with Gasteiger partial charge in [-0.15, -0.1) is 0 Å². The fourth-order valence-corrected chi connectivity index (χ4v) is 1.69. The molecule has 1 amide bonds. The van der Waals surface area contributed by atoms with E-state index in [1.807, 2.05) is 0 Å². The van der Waals surface area contributed by atoms with Crippen LogP contribution in [0.4, 0.5) is 0 Å². The Morgan fingerprint density at radius 1 is 1.29 bits per heavy atom. The Hall–Kier alpha value is -3.03. The zero-order valence-electron chi connectivity index (χ0n) is 10.9. The zero-order valence-corrected chi connectivity index (χ0v) is 10.9. The van der Waals surface area contributed by atoms with Crippen molar-refractivity contribution in [2.24, 2.45) is 0 Å². The first-order chi connectivity index (χ1) is 9.97. The Kier molecular flexibility index (Phi) is 4.07. The topological polar surface area (TPSA) is 125 Å². The van der Waals surface area contributed by atoms with Gasteiger partial charge in [0.2, 0.25) is 0 Å². The maximum absolute atomic E-state index is 11.8. The Bertz CT molecular complexity index is 680. The minimum atomic E-state index is -1.12. The van der Waals surface area contributed by atoms with Gasteiger partial charge in [0, 0.05) is 19.3 Å². The third-order valence-electron chi connectivity index (χ3n) is 2.73. The van der Waals surface area contributed by atoms with Gasteiger partial charge in [-0.1, -0.05) is 0 Å². The van der Waals surface area contributed by atoms with Gasteiger partial charge < -0.3 is 25.2 Å². The van der Waals surface area contributed by atoms with Gasteiger partial charge in [-0.3, -0.25) is 4.79 Å². The molecule has 8 heteroatoms. The summed E-state index contributed by atoms with van der Waals surface area (Å²) in [5, 5.41) is 30.1. The second kappa shape index (κ2) is 5.95. The van der Waals surface area contributed by atoms with Gasteiger partial charge in [-0.25, -0.2) is 9.78 Å². The molecule has 0 unspecified atom stereocenters. The Morgan fingerprint density at radius 3 is 2.71 bits per heavy atom. The molecule has 2 aromatic rings. The number of aromatic carboxylic acids is 1. The largest absolute Gasteiger partial charge is 0.508 e. The molecule has 0 bridgehead atoms. The number of carboxylic acids is 1. The lowest BCUT2D eigenvalue weighted by molar-refractivity contribution is 0.0690. The van der Waals surface area contributed by atoms with Gasteiger partial charge in [0.05, 0.1) is 11.9 Å². The first-order valence-corrected chi connectivity index (χ1v) is 6.02. The average molecular weight is 291 g/mol. The SMILES string of the molecule is O=C(O)c1cn(CCNC(=O)c2cc(O)ccc2O)cn1. The van der Waals surface area contributed by atoms with Crippen LogP contribution >= 0.6 is 0 Å². The lowest BCUT2D eigenvalue weighted by Crippen LogP contribution is -2.27. The molecule has 1 aromatic heterocycles. The number of benzene rings is 1. The average Bonchev–Trinajstić information content (AvgIpc) is 2.90. The molecule has 0 radical (unpaired) electrons. The number of hydrogen-bond donors (Lipinski definition) is 4. The summed E-state index contributed by atoms with van der Waals surface area (Å²) < 4.78 is 1.52. The van der Waals surface area contributed by atoms with E-state index in [1.54, 1.807) is 0 Å². The van der Waals surface area contributed by atoms with Crippen LogP contribution in [0.2, 0.25) is 0 Å². The summed E-state index contributed by atoms with van der Waals surface area (Å²) in [6, 6.07) is 3.65. The highest BCUT2D eigenvalue weighted by molar-refractivity contribution is 5.97. The first kappa shape index (κ1) is 14.4. The standard InChI is InChI=1S/C13H13N3O5/c17-8-1-2-11(18)9(5-8)12(19)14-3-4-16-6-10(13(20)21)15-7-16/h1-2,5-7,17-18H,3-4H2,(H,14,19)(H,20,21). The van der Waals surface area contributed by atoms with Crippen molar-refractivity contribution in [3.05, 3.63) is 42.0 Å². The summed E-state index contributed by atoms with van der Waals surface area (Å²) in [5.41, 5.74) is -0.112. The number of rotatable bonds is 5. The molecule has 21 heavy (non-hydrogen) atoms. The maximum Gasteiger partial charge on any atom is 0.356 e. The molecule has 4 N–H and O–H groups in total. The quantitative estimate of drug-likeness (QED) is 0.592. The van der Waals surface area contributed by atoms with Crippen molar-refractivity contribution >= 4 is 11.9 Å². The van der Waals surface area contributed by atoms with Crippen molar-refractivity contribution in [2.75, 3.05) is 6.54 Å². The molecule has 1 heterocycles. The molecule has 0 atom stereocenters. The molecular formula is C13H13N3O5. The van der Waals surface area contributed by atoms with Crippen LogP contribution in [0, 0.1) is 0 Å². The van der Waals surface area contributed by atoms with Crippen molar-refractivity contribution in [3.8, 4) is 11.5 Å². The van der Waals surface area contributed by atoms with Crippen LogP contribution in [0.3, 0.4) is 0 Å². The number of nitrogens with zero attached hydrogens (tertiary/aromatic N) is 2. The highest BCUT2D eigenvalue weighted by Gasteiger charge is 2.12. The van der Waals surface area contributed by atoms with Crippen molar-refractivity contribution < 1.29 is 24.9 Å². The number of imidazole rings is 1. The number of carbonyl (C=O) groups excluding carboxylic acids is 1. The van der Waals surface area contributed by atoms with E-state index < -0.39 is 11.9 Å². The fourth-order valence-electron chi connectivity index (χ4n) is 1.69. The number of amides is 1. The van der Waals surface area contributed by atoms with E-state index in [1.165, 1.54) is 29.2 Å². The molecular weight excluding hydrogens is 278 g/mol. The molecule has 8 nitrogen and oxygen atoms in total. The van der Waals surface area contributed by atoms with Gasteiger partial charge >= 0.3 is 5.97 Å². The van der Waals surface area contributed by atoms with Crippen molar-refractivity contribution in [3.63, 3.8) is 0 Å². The predicted octanol–water partition coefficient (Wildman–Crippen LogP) is 0.422. The second-order valence-electron chi connectivity index (χ2n) is 4.26. The summed E-state index contributed by atoms with van der Waals surface area (Å²) in [6.45, 7) is 0.537. The molecule has 0 aliphatic rings.